The Morgan fingerprint density at radius 2 is 2.18 bits per heavy atom. The minimum absolute atomic E-state index is 0.339. The highest BCUT2D eigenvalue weighted by Gasteiger charge is 2.09. The molecule has 0 radical (unpaired) electrons. The molecule has 0 bridgehead atoms. The zero-order valence-electron chi connectivity index (χ0n) is 9.66. The summed E-state index contributed by atoms with van der Waals surface area (Å²) in [4.78, 5) is 15.9. The first-order valence-corrected chi connectivity index (χ1v) is 5.73. The van der Waals surface area contributed by atoms with Crippen LogP contribution in [0.25, 0.3) is 10.9 Å². The van der Waals surface area contributed by atoms with E-state index in [2.05, 4.69) is 4.98 Å². The predicted octanol–water partition coefficient (Wildman–Crippen LogP) is 3.37. The Labute approximate surface area is 104 Å². The molecule has 1 aromatic carbocycles. The van der Waals surface area contributed by atoms with Crippen LogP contribution in [0.15, 0.2) is 24.3 Å². The van der Waals surface area contributed by atoms with Crippen molar-refractivity contribution in [2.75, 3.05) is 6.61 Å². The zero-order valence-corrected chi connectivity index (χ0v) is 10.4. The molecule has 0 aliphatic carbocycles. The van der Waals surface area contributed by atoms with Crippen molar-refractivity contribution in [1.82, 2.24) is 4.98 Å². The van der Waals surface area contributed by atoms with Crippen LogP contribution in [0.2, 0.25) is 5.02 Å². The molecule has 0 unspecified atom stereocenters. The number of ether oxygens (including phenoxy) is 1. The maximum absolute atomic E-state index is 11.6. The fourth-order valence-corrected chi connectivity index (χ4v) is 1.97. The van der Waals surface area contributed by atoms with Gasteiger partial charge in [-0.05, 0) is 32.0 Å². The van der Waals surface area contributed by atoms with Crippen molar-refractivity contribution in [3.63, 3.8) is 0 Å². The molecule has 4 heteroatoms. The fraction of sp³-hybridized carbons (Fsp3) is 0.231. The molecular weight excluding hydrogens is 238 g/mol. The SMILES string of the molecule is CCOC(=O)c1ccc2c(Cl)cc(C)nc2c1. The standard InChI is InChI=1S/C13H12ClNO2/c1-3-17-13(16)9-4-5-10-11(14)6-8(2)15-12(10)7-9/h4-7H,3H2,1-2H3. The number of pyridine rings is 1. The van der Waals surface area contributed by atoms with Gasteiger partial charge in [0.2, 0.25) is 0 Å². The van der Waals surface area contributed by atoms with E-state index in [9.17, 15) is 4.79 Å². The molecule has 0 spiro atoms. The summed E-state index contributed by atoms with van der Waals surface area (Å²) >= 11 is 6.10. The van der Waals surface area contributed by atoms with E-state index in [1.165, 1.54) is 0 Å². The van der Waals surface area contributed by atoms with Gasteiger partial charge in [0, 0.05) is 11.1 Å². The van der Waals surface area contributed by atoms with Crippen LogP contribution < -0.4 is 0 Å². The largest absolute Gasteiger partial charge is 0.462 e. The highest BCUT2D eigenvalue weighted by Crippen LogP contribution is 2.24. The molecule has 3 nitrogen and oxygen atoms in total. The number of aromatic nitrogens is 1. The van der Waals surface area contributed by atoms with E-state index >= 15 is 0 Å². The maximum Gasteiger partial charge on any atom is 0.338 e. The van der Waals surface area contributed by atoms with E-state index in [4.69, 9.17) is 16.3 Å². The lowest BCUT2D eigenvalue weighted by Gasteiger charge is -2.05. The normalized spacial score (nSPS) is 10.5. The summed E-state index contributed by atoms with van der Waals surface area (Å²) in [7, 11) is 0. The minimum Gasteiger partial charge on any atom is -0.462 e. The lowest BCUT2D eigenvalue weighted by atomic mass is 10.1. The van der Waals surface area contributed by atoms with Crippen LogP contribution in [-0.2, 0) is 4.74 Å². The van der Waals surface area contributed by atoms with Gasteiger partial charge in [0.05, 0.1) is 22.7 Å². The average Bonchev–Trinajstić information content (AvgIpc) is 2.28. The topological polar surface area (TPSA) is 39.2 Å². The van der Waals surface area contributed by atoms with E-state index in [1.807, 2.05) is 6.92 Å². The quantitative estimate of drug-likeness (QED) is 0.766. The van der Waals surface area contributed by atoms with Crippen molar-refractivity contribution >= 4 is 28.5 Å². The third kappa shape index (κ3) is 2.39. The monoisotopic (exact) mass is 249 g/mol. The van der Waals surface area contributed by atoms with Crippen LogP contribution in [0.4, 0.5) is 0 Å². The molecule has 2 rings (SSSR count). The number of rotatable bonds is 2. The maximum atomic E-state index is 11.6. The number of carbonyl (C=O) groups is 1. The lowest BCUT2D eigenvalue weighted by molar-refractivity contribution is 0.0526. The number of aryl methyl sites for hydroxylation is 1. The van der Waals surface area contributed by atoms with Crippen LogP contribution in [0, 0.1) is 6.92 Å². The summed E-state index contributed by atoms with van der Waals surface area (Å²) in [6.45, 7) is 4.00. The number of carbonyl (C=O) groups excluding carboxylic acids is 1. The van der Waals surface area contributed by atoms with Crippen LogP contribution in [0.1, 0.15) is 23.0 Å². The molecule has 1 heterocycles. The van der Waals surface area contributed by atoms with Gasteiger partial charge in [0.1, 0.15) is 0 Å². The molecule has 0 saturated heterocycles. The molecular formula is C13H12ClNO2. The smallest absolute Gasteiger partial charge is 0.338 e. The van der Waals surface area contributed by atoms with Crippen LogP contribution >= 0.6 is 11.6 Å². The van der Waals surface area contributed by atoms with Gasteiger partial charge in [-0.3, -0.25) is 4.98 Å². The first kappa shape index (κ1) is 11.9. The molecule has 0 atom stereocenters. The van der Waals surface area contributed by atoms with Crippen LogP contribution in [-0.4, -0.2) is 17.6 Å². The number of nitrogens with zero attached hydrogens (tertiary/aromatic N) is 1. The average molecular weight is 250 g/mol. The van der Waals surface area contributed by atoms with Crippen molar-refractivity contribution < 1.29 is 9.53 Å². The molecule has 0 fully saturated rings. The first-order chi connectivity index (χ1) is 8.11. The van der Waals surface area contributed by atoms with E-state index < -0.39 is 0 Å². The molecule has 1 aromatic heterocycles. The molecule has 0 aliphatic rings. The van der Waals surface area contributed by atoms with Gasteiger partial charge in [0.15, 0.2) is 0 Å². The Bertz CT molecular complexity index is 581. The van der Waals surface area contributed by atoms with Crippen LogP contribution in [0.3, 0.4) is 0 Å². The Morgan fingerprint density at radius 3 is 2.88 bits per heavy atom. The number of halogens is 1. The second-order valence-electron chi connectivity index (χ2n) is 3.70. The highest BCUT2D eigenvalue weighted by molar-refractivity contribution is 6.35. The highest BCUT2D eigenvalue weighted by atomic mass is 35.5. The Morgan fingerprint density at radius 1 is 1.41 bits per heavy atom. The Balaban J connectivity index is 2.54. The summed E-state index contributed by atoms with van der Waals surface area (Å²) in [5, 5.41) is 1.48. The number of esters is 1. The minimum atomic E-state index is -0.339. The molecule has 88 valence electrons. The van der Waals surface area contributed by atoms with Gasteiger partial charge >= 0.3 is 5.97 Å². The fourth-order valence-electron chi connectivity index (χ4n) is 1.65. The van der Waals surface area contributed by atoms with E-state index in [0.29, 0.717) is 22.7 Å². The Kier molecular flexibility index (Phi) is 3.29. The summed E-state index contributed by atoms with van der Waals surface area (Å²) < 4.78 is 4.94. The van der Waals surface area contributed by atoms with Gasteiger partial charge in [-0.2, -0.15) is 0 Å². The van der Waals surface area contributed by atoms with Crippen molar-refractivity contribution in [2.45, 2.75) is 13.8 Å². The third-order valence-corrected chi connectivity index (χ3v) is 2.71. The predicted molar refractivity (Wildman–Crippen MR) is 67.4 cm³/mol. The molecule has 0 saturated carbocycles. The van der Waals surface area contributed by atoms with Crippen molar-refractivity contribution in [3.8, 4) is 0 Å². The molecule has 0 amide bonds. The van der Waals surface area contributed by atoms with E-state index in [-0.39, 0.29) is 5.97 Å². The van der Waals surface area contributed by atoms with E-state index in [1.54, 1.807) is 31.2 Å². The molecule has 0 aliphatic heterocycles. The summed E-state index contributed by atoms with van der Waals surface area (Å²) in [6.07, 6.45) is 0. The molecule has 17 heavy (non-hydrogen) atoms. The summed E-state index contributed by atoms with van der Waals surface area (Å²) in [5.41, 5.74) is 2.03. The second-order valence-corrected chi connectivity index (χ2v) is 4.11. The van der Waals surface area contributed by atoms with Crippen molar-refractivity contribution in [1.29, 1.82) is 0 Å². The summed E-state index contributed by atoms with van der Waals surface area (Å²) in [5.74, 6) is -0.339. The van der Waals surface area contributed by atoms with Gasteiger partial charge in [-0.1, -0.05) is 17.7 Å². The molecule has 2 aromatic rings. The summed E-state index contributed by atoms with van der Waals surface area (Å²) in [6, 6.07) is 6.99. The van der Waals surface area contributed by atoms with Gasteiger partial charge in [0.25, 0.3) is 0 Å². The van der Waals surface area contributed by atoms with Gasteiger partial charge < -0.3 is 4.74 Å². The molecule has 0 N–H and O–H groups in total. The number of fused-ring (bicyclic) bond motifs is 1. The van der Waals surface area contributed by atoms with Crippen molar-refractivity contribution in [2.24, 2.45) is 0 Å². The van der Waals surface area contributed by atoms with E-state index in [0.717, 1.165) is 11.1 Å². The lowest BCUT2D eigenvalue weighted by Crippen LogP contribution is -2.04. The zero-order chi connectivity index (χ0) is 12.4. The third-order valence-electron chi connectivity index (χ3n) is 2.40. The van der Waals surface area contributed by atoms with Crippen LogP contribution in [0.5, 0.6) is 0 Å². The first-order valence-electron chi connectivity index (χ1n) is 5.36. The van der Waals surface area contributed by atoms with Gasteiger partial charge in [-0.25, -0.2) is 4.79 Å². The Hall–Kier alpha value is -1.61. The van der Waals surface area contributed by atoms with Crippen molar-refractivity contribution in [3.05, 3.63) is 40.5 Å². The second kappa shape index (κ2) is 4.72. The number of hydrogen-bond acceptors (Lipinski definition) is 3. The number of benzene rings is 1. The number of hydrogen-bond donors (Lipinski definition) is 0. The van der Waals surface area contributed by atoms with Gasteiger partial charge in [-0.15, -0.1) is 0 Å².